The van der Waals surface area contributed by atoms with Crippen LogP contribution in [0.2, 0.25) is 5.02 Å². The molecule has 0 fully saturated rings. The maximum atomic E-state index is 5.83. The van der Waals surface area contributed by atoms with Gasteiger partial charge in [-0.15, -0.1) is 11.8 Å². The lowest BCUT2D eigenvalue weighted by Gasteiger charge is -2.02. The summed E-state index contributed by atoms with van der Waals surface area (Å²) < 4.78 is 0. The lowest BCUT2D eigenvalue weighted by atomic mass is 10.2. The van der Waals surface area contributed by atoms with Gasteiger partial charge in [0.2, 0.25) is 0 Å². The zero-order chi connectivity index (χ0) is 11.2. The van der Waals surface area contributed by atoms with E-state index in [-0.39, 0.29) is 0 Å². The van der Waals surface area contributed by atoms with Crippen molar-refractivity contribution in [3.63, 3.8) is 0 Å². The SMILES string of the molecule is Clc1ccc(CCSc2cc[c]cc2)cc1. The molecular weight excluding hydrogens is 236 g/mol. The molecule has 0 nitrogen and oxygen atoms in total. The van der Waals surface area contributed by atoms with E-state index in [1.165, 1.54) is 10.5 Å². The summed E-state index contributed by atoms with van der Waals surface area (Å²) in [6.07, 6.45) is 1.07. The van der Waals surface area contributed by atoms with E-state index in [0.717, 1.165) is 17.2 Å². The molecule has 0 spiro atoms. The summed E-state index contributed by atoms with van der Waals surface area (Å²) in [5.41, 5.74) is 1.33. The minimum absolute atomic E-state index is 0.801. The minimum Gasteiger partial charge on any atom is -0.126 e. The van der Waals surface area contributed by atoms with Crippen LogP contribution in [0.4, 0.5) is 0 Å². The van der Waals surface area contributed by atoms with E-state index in [0.29, 0.717) is 0 Å². The second-order valence-corrected chi connectivity index (χ2v) is 5.07. The van der Waals surface area contributed by atoms with E-state index < -0.39 is 0 Å². The van der Waals surface area contributed by atoms with Gasteiger partial charge in [0.1, 0.15) is 0 Å². The molecule has 0 amide bonds. The molecule has 0 heterocycles. The molecule has 0 aliphatic rings. The Kier molecular flexibility index (Phi) is 4.32. The lowest BCUT2D eigenvalue weighted by molar-refractivity contribution is 1.15. The molecule has 0 saturated carbocycles. The summed E-state index contributed by atoms with van der Waals surface area (Å²) in [5, 5.41) is 0.801. The summed E-state index contributed by atoms with van der Waals surface area (Å²) >= 11 is 7.70. The van der Waals surface area contributed by atoms with Crippen LogP contribution < -0.4 is 0 Å². The van der Waals surface area contributed by atoms with Gasteiger partial charge in [0, 0.05) is 15.7 Å². The normalized spacial score (nSPS) is 10.3. The van der Waals surface area contributed by atoms with Crippen LogP contribution >= 0.6 is 23.4 Å². The van der Waals surface area contributed by atoms with Gasteiger partial charge < -0.3 is 0 Å². The first-order chi connectivity index (χ1) is 7.84. The quantitative estimate of drug-likeness (QED) is 0.718. The van der Waals surface area contributed by atoms with Gasteiger partial charge in [-0.1, -0.05) is 35.9 Å². The Morgan fingerprint density at radius 2 is 1.69 bits per heavy atom. The highest BCUT2D eigenvalue weighted by atomic mass is 35.5. The molecule has 0 aliphatic heterocycles. The van der Waals surface area contributed by atoms with Crippen LogP contribution in [-0.4, -0.2) is 5.75 Å². The first-order valence-electron chi connectivity index (χ1n) is 5.18. The van der Waals surface area contributed by atoms with Crippen molar-refractivity contribution in [3.05, 3.63) is 65.2 Å². The molecule has 0 bridgehead atoms. The zero-order valence-corrected chi connectivity index (χ0v) is 10.4. The van der Waals surface area contributed by atoms with Crippen molar-refractivity contribution in [2.24, 2.45) is 0 Å². The largest absolute Gasteiger partial charge is 0.126 e. The topological polar surface area (TPSA) is 0 Å². The van der Waals surface area contributed by atoms with Crippen molar-refractivity contribution in [2.45, 2.75) is 11.3 Å². The fourth-order valence-corrected chi connectivity index (χ4v) is 2.43. The molecule has 81 valence electrons. The molecule has 2 heteroatoms. The van der Waals surface area contributed by atoms with Crippen molar-refractivity contribution in [1.29, 1.82) is 0 Å². The predicted octanol–water partition coefficient (Wildman–Crippen LogP) is 4.47. The first-order valence-corrected chi connectivity index (χ1v) is 6.54. The van der Waals surface area contributed by atoms with E-state index >= 15 is 0 Å². The molecule has 2 aromatic rings. The molecule has 0 atom stereocenters. The summed E-state index contributed by atoms with van der Waals surface area (Å²) in [4.78, 5) is 1.30. The number of benzene rings is 2. The van der Waals surface area contributed by atoms with Crippen LogP contribution in [0.15, 0.2) is 53.4 Å². The van der Waals surface area contributed by atoms with Crippen molar-refractivity contribution < 1.29 is 0 Å². The second-order valence-electron chi connectivity index (χ2n) is 3.46. The van der Waals surface area contributed by atoms with E-state index in [9.17, 15) is 0 Å². The third-order valence-electron chi connectivity index (χ3n) is 2.26. The molecule has 0 aliphatic carbocycles. The number of thioether (sulfide) groups is 1. The van der Waals surface area contributed by atoms with Crippen molar-refractivity contribution in [2.75, 3.05) is 5.75 Å². The van der Waals surface area contributed by atoms with E-state index in [1.54, 1.807) is 0 Å². The highest BCUT2D eigenvalue weighted by molar-refractivity contribution is 7.99. The molecule has 1 radical (unpaired) electrons. The van der Waals surface area contributed by atoms with Crippen LogP contribution in [0.3, 0.4) is 0 Å². The standard InChI is InChI=1S/C14H12ClS/c15-13-8-6-12(7-9-13)10-11-16-14-4-2-1-3-5-14/h2-9H,10-11H2. The fraction of sp³-hybridized carbons (Fsp3) is 0.143. The molecule has 16 heavy (non-hydrogen) atoms. The van der Waals surface area contributed by atoms with Crippen LogP contribution in [0, 0.1) is 6.07 Å². The second kappa shape index (κ2) is 5.97. The van der Waals surface area contributed by atoms with Gasteiger partial charge in [-0.05, 0) is 42.3 Å². The Morgan fingerprint density at radius 3 is 2.38 bits per heavy atom. The van der Waals surface area contributed by atoms with Crippen LogP contribution in [0.25, 0.3) is 0 Å². The highest BCUT2D eigenvalue weighted by Crippen LogP contribution is 2.18. The molecule has 0 N–H and O–H groups in total. The van der Waals surface area contributed by atoms with Crippen LogP contribution in [-0.2, 0) is 6.42 Å². The third kappa shape index (κ3) is 3.58. The first kappa shape index (κ1) is 11.6. The fourth-order valence-electron chi connectivity index (χ4n) is 1.41. The highest BCUT2D eigenvalue weighted by Gasteiger charge is 1.95. The van der Waals surface area contributed by atoms with Gasteiger partial charge in [-0.3, -0.25) is 0 Å². The van der Waals surface area contributed by atoms with Gasteiger partial charge in [0.05, 0.1) is 0 Å². The Hall–Kier alpha value is -0.920. The van der Waals surface area contributed by atoms with Gasteiger partial charge in [-0.25, -0.2) is 0 Å². The maximum absolute atomic E-state index is 5.83. The van der Waals surface area contributed by atoms with Gasteiger partial charge in [-0.2, -0.15) is 0 Å². The van der Waals surface area contributed by atoms with E-state index in [2.05, 4.69) is 30.3 Å². The Labute approximate surface area is 106 Å². The lowest BCUT2D eigenvalue weighted by Crippen LogP contribution is -1.87. The Bertz CT molecular complexity index is 422. The number of halogens is 1. The summed E-state index contributed by atoms with van der Waals surface area (Å²) in [6.45, 7) is 0. The number of aryl methyl sites for hydroxylation is 1. The van der Waals surface area contributed by atoms with Crippen molar-refractivity contribution in [1.82, 2.24) is 0 Å². The molecule has 0 unspecified atom stereocenters. The Balaban J connectivity index is 1.82. The van der Waals surface area contributed by atoms with Crippen molar-refractivity contribution in [3.8, 4) is 0 Å². The molecule has 0 aromatic heterocycles. The maximum Gasteiger partial charge on any atom is 0.0406 e. The Morgan fingerprint density at radius 1 is 1.00 bits per heavy atom. The van der Waals surface area contributed by atoms with Gasteiger partial charge in [0.25, 0.3) is 0 Å². The number of hydrogen-bond donors (Lipinski definition) is 0. The van der Waals surface area contributed by atoms with Gasteiger partial charge in [0.15, 0.2) is 0 Å². The average molecular weight is 248 g/mol. The summed E-state index contributed by atoms with van der Waals surface area (Å²) in [5.74, 6) is 1.09. The summed E-state index contributed by atoms with van der Waals surface area (Å²) in [6, 6.07) is 19.2. The molecular formula is C14H12ClS. The average Bonchev–Trinajstić information content (AvgIpc) is 2.33. The third-order valence-corrected chi connectivity index (χ3v) is 3.53. The zero-order valence-electron chi connectivity index (χ0n) is 8.82. The monoisotopic (exact) mass is 247 g/mol. The number of rotatable bonds is 4. The van der Waals surface area contributed by atoms with E-state index in [1.807, 2.05) is 36.0 Å². The summed E-state index contributed by atoms with van der Waals surface area (Å²) in [7, 11) is 0. The molecule has 2 aromatic carbocycles. The predicted molar refractivity (Wildman–Crippen MR) is 71.2 cm³/mol. The minimum atomic E-state index is 0.801. The number of hydrogen-bond acceptors (Lipinski definition) is 1. The van der Waals surface area contributed by atoms with Gasteiger partial charge >= 0.3 is 0 Å². The smallest absolute Gasteiger partial charge is 0.0406 e. The molecule has 0 saturated heterocycles. The van der Waals surface area contributed by atoms with Crippen LogP contribution in [0.5, 0.6) is 0 Å². The van der Waals surface area contributed by atoms with Crippen LogP contribution in [0.1, 0.15) is 5.56 Å². The van der Waals surface area contributed by atoms with Crippen molar-refractivity contribution >= 4 is 23.4 Å². The molecule has 2 rings (SSSR count). The van der Waals surface area contributed by atoms with E-state index in [4.69, 9.17) is 11.6 Å².